The fourth-order valence-corrected chi connectivity index (χ4v) is 3.28. The van der Waals surface area contributed by atoms with Gasteiger partial charge in [0.05, 0.1) is 10.5 Å². The van der Waals surface area contributed by atoms with Crippen molar-refractivity contribution in [3.8, 4) is 0 Å². The van der Waals surface area contributed by atoms with Crippen LogP contribution in [0, 0.1) is 0 Å². The summed E-state index contributed by atoms with van der Waals surface area (Å²) >= 11 is 6.18. The van der Waals surface area contributed by atoms with Crippen LogP contribution in [-0.4, -0.2) is 9.55 Å². The first kappa shape index (κ1) is 11.8. The quantitative estimate of drug-likeness (QED) is 0.781. The maximum atomic E-state index is 6.18. The van der Waals surface area contributed by atoms with E-state index in [4.69, 9.17) is 17.3 Å². The molecule has 1 aliphatic carbocycles. The van der Waals surface area contributed by atoms with Crippen LogP contribution in [0.25, 0.3) is 11.0 Å². The third-order valence-corrected chi connectivity index (χ3v) is 4.43. The first-order chi connectivity index (χ1) is 9.74. The topological polar surface area (TPSA) is 43.8 Å². The molecule has 4 heteroatoms. The number of para-hydroxylation sites is 1. The Morgan fingerprint density at radius 3 is 2.90 bits per heavy atom. The molecular weight excluding hydrogens is 270 g/mol. The zero-order chi connectivity index (χ0) is 13.7. The molecule has 1 aliphatic rings. The van der Waals surface area contributed by atoms with Crippen LogP contribution < -0.4 is 5.73 Å². The summed E-state index contributed by atoms with van der Waals surface area (Å²) in [6, 6.07) is 14.4. The molecule has 2 aromatic carbocycles. The van der Waals surface area contributed by atoms with E-state index < -0.39 is 0 Å². The molecule has 3 nitrogen and oxygen atoms in total. The molecule has 20 heavy (non-hydrogen) atoms. The monoisotopic (exact) mass is 283 g/mol. The van der Waals surface area contributed by atoms with Crippen LogP contribution in [0.1, 0.15) is 17.0 Å². The highest BCUT2D eigenvalue weighted by Gasteiger charge is 2.27. The van der Waals surface area contributed by atoms with Gasteiger partial charge in [-0.1, -0.05) is 41.9 Å². The molecule has 3 aromatic rings. The Labute approximate surface area is 122 Å². The molecule has 0 aliphatic heterocycles. The first-order valence-electron chi connectivity index (χ1n) is 6.72. The van der Waals surface area contributed by atoms with Crippen molar-refractivity contribution in [2.45, 2.75) is 18.9 Å². The van der Waals surface area contributed by atoms with E-state index in [1.165, 1.54) is 11.1 Å². The van der Waals surface area contributed by atoms with Crippen LogP contribution in [0.4, 0.5) is 5.95 Å². The number of nitrogens with zero attached hydrogens (tertiary/aromatic N) is 2. The standard InChI is InChI=1S/C16H14ClN3/c17-13-6-3-7-14-15(13)19-16(18)20(14)9-11-8-10-4-1-2-5-12(10)11/h1-7,11H,8-9H2,(H2,18,19). The van der Waals surface area contributed by atoms with Gasteiger partial charge in [0.1, 0.15) is 5.52 Å². The van der Waals surface area contributed by atoms with Gasteiger partial charge in [0.15, 0.2) is 0 Å². The lowest BCUT2D eigenvalue weighted by Crippen LogP contribution is -2.22. The fraction of sp³-hybridized carbons (Fsp3) is 0.188. The highest BCUT2D eigenvalue weighted by molar-refractivity contribution is 6.35. The largest absolute Gasteiger partial charge is 0.369 e. The van der Waals surface area contributed by atoms with Crippen LogP contribution in [0.5, 0.6) is 0 Å². The summed E-state index contributed by atoms with van der Waals surface area (Å²) in [5.74, 6) is 1.06. The predicted octanol–water partition coefficient (Wildman–Crippen LogP) is 3.61. The number of benzene rings is 2. The van der Waals surface area contributed by atoms with Crippen molar-refractivity contribution in [2.75, 3.05) is 5.73 Å². The molecule has 1 atom stereocenters. The highest BCUT2D eigenvalue weighted by atomic mass is 35.5. The molecule has 0 bridgehead atoms. The van der Waals surface area contributed by atoms with Gasteiger partial charge in [0.2, 0.25) is 5.95 Å². The molecule has 0 radical (unpaired) electrons. The third kappa shape index (κ3) is 1.63. The smallest absolute Gasteiger partial charge is 0.201 e. The lowest BCUT2D eigenvalue weighted by molar-refractivity contribution is 0.521. The van der Waals surface area contributed by atoms with Crippen LogP contribution in [0.3, 0.4) is 0 Å². The van der Waals surface area contributed by atoms with Gasteiger partial charge < -0.3 is 10.3 Å². The Morgan fingerprint density at radius 2 is 2.05 bits per heavy atom. The van der Waals surface area contributed by atoms with Crippen molar-refractivity contribution in [1.82, 2.24) is 9.55 Å². The molecule has 1 unspecified atom stereocenters. The Balaban J connectivity index is 1.74. The summed E-state index contributed by atoms with van der Waals surface area (Å²) in [5.41, 5.74) is 10.7. The van der Waals surface area contributed by atoms with Gasteiger partial charge in [0.25, 0.3) is 0 Å². The summed E-state index contributed by atoms with van der Waals surface area (Å²) < 4.78 is 2.07. The minimum Gasteiger partial charge on any atom is -0.369 e. The SMILES string of the molecule is Nc1nc2c(Cl)cccc2n1CC1Cc2ccccc21. The Hall–Kier alpha value is -2.00. The van der Waals surface area contributed by atoms with E-state index in [1.54, 1.807) is 0 Å². The van der Waals surface area contributed by atoms with Gasteiger partial charge in [-0.25, -0.2) is 4.98 Å². The highest BCUT2D eigenvalue weighted by Crippen LogP contribution is 2.37. The lowest BCUT2D eigenvalue weighted by atomic mass is 9.77. The maximum absolute atomic E-state index is 6.18. The fourth-order valence-electron chi connectivity index (χ4n) is 3.07. The molecule has 0 spiro atoms. The van der Waals surface area contributed by atoms with E-state index in [0.29, 0.717) is 16.9 Å². The second-order valence-corrected chi connectivity index (χ2v) is 5.70. The summed E-state index contributed by atoms with van der Waals surface area (Å²) in [6.07, 6.45) is 1.11. The summed E-state index contributed by atoms with van der Waals surface area (Å²) in [6.45, 7) is 0.861. The van der Waals surface area contributed by atoms with Crippen LogP contribution in [-0.2, 0) is 13.0 Å². The minimum absolute atomic E-state index is 0.518. The number of anilines is 1. The summed E-state index contributed by atoms with van der Waals surface area (Å²) in [4.78, 5) is 4.39. The van der Waals surface area contributed by atoms with Gasteiger partial charge in [-0.3, -0.25) is 0 Å². The van der Waals surface area contributed by atoms with E-state index in [9.17, 15) is 0 Å². The Morgan fingerprint density at radius 1 is 1.20 bits per heavy atom. The average Bonchev–Trinajstić information content (AvgIpc) is 2.74. The van der Waals surface area contributed by atoms with E-state index in [1.807, 2.05) is 18.2 Å². The molecular formula is C16H14ClN3. The molecule has 100 valence electrons. The van der Waals surface area contributed by atoms with Crippen molar-refractivity contribution in [2.24, 2.45) is 0 Å². The number of fused-ring (bicyclic) bond motifs is 2. The van der Waals surface area contributed by atoms with Gasteiger partial charge in [-0.2, -0.15) is 0 Å². The molecule has 0 saturated heterocycles. The average molecular weight is 284 g/mol. The number of rotatable bonds is 2. The number of imidazole rings is 1. The molecule has 1 aromatic heterocycles. The molecule has 0 saturated carbocycles. The predicted molar refractivity (Wildman–Crippen MR) is 82.0 cm³/mol. The Bertz CT molecular complexity index is 807. The van der Waals surface area contributed by atoms with Crippen molar-refractivity contribution < 1.29 is 0 Å². The molecule has 4 rings (SSSR count). The Kier molecular flexibility index (Phi) is 2.51. The van der Waals surface area contributed by atoms with Crippen LogP contribution in [0.15, 0.2) is 42.5 Å². The lowest BCUT2D eigenvalue weighted by Gasteiger charge is -2.30. The molecule has 0 amide bonds. The maximum Gasteiger partial charge on any atom is 0.201 e. The number of nitrogen functional groups attached to an aromatic ring is 1. The third-order valence-electron chi connectivity index (χ3n) is 4.12. The van der Waals surface area contributed by atoms with Gasteiger partial charge in [-0.15, -0.1) is 0 Å². The zero-order valence-corrected chi connectivity index (χ0v) is 11.6. The van der Waals surface area contributed by atoms with Crippen molar-refractivity contribution in [3.63, 3.8) is 0 Å². The van der Waals surface area contributed by atoms with E-state index in [2.05, 4.69) is 33.8 Å². The van der Waals surface area contributed by atoms with Gasteiger partial charge in [0, 0.05) is 12.5 Å². The zero-order valence-electron chi connectivity index (χ0n) is 10.9. The van der Waals surface area contributed by atoms with Crippen LogP contribution >= 0.6 is 11.6 Å². The van der Waals surface area contributed by atoms with Gasteiger partial charge in [-0.05, 0) is 29.7 Å². The number of nitrogens with two attached hydrogens (primary N) is 1. The van der Waals surface area contributed by atoms with Crippen LogP contribution in [0.2, 0.25) is 5.02 Å². The first-order valence-corrected chi connectivity index (χ1v) is 7.10. The molecule has 0 fully saturated rings. The summed E-state index contributed by atoms with van der Waals surface area (Å²) in [7, 11) is 0. The number of halogens is 1. The van der Waals surface area contributed by atoms with E-state index >= 15 is 0 Å². The van der Waals surface area contributed by atoms with E-state index in [-0.39, 0.29) is 0 Å². The normalized spacial score (nSPS) is 16.9. The van der Waals surface area contributed by atoms with E-state index in [0.717, 1.165) is 24.0 Å². The van der Waals surface area contributed by atoms with Crippen molar-refractivity contribution in [3.05, 3.63) is 58.6 Å². The minimum atomic E-state index is 0.518. The molecule has 2 N–H and O–H groups in total. The summed E-state index contributed by atoms with van der Waals surface area (Å²) in [5, 5.41) is 0.655. The second-order valence-electron chi connectivity index (χ2n) is 5.29. The number of hydrogen-bond donors (Lipinski definition) is 1. The number of aromatic nitrogens is 2. The van der Waals surface area contributed by atoms with Gasteiger partial charge >= 0.3 is 0 Å². The second kappa shape index (κ2) is 4.25. The number of hydrogen-bond acceptors (Lipinski definition) is 2. The van der Waals surface area contributed by atoms with Crippen molar-refractivity contribution >= 4 is 28.6 Å². The molecule has 1 heterocycles. The van der Waals surface area contributed by atoms with Crippen molar-refractivity contribution in [1.29, 1.82) is 0 Å².